The first-order valence-corrected chi connectivity index (χ1v) is 4.61. The normalized spacial score (nSPS) is 10.2. The van der Waals surface area contributed by atoms with Gasteiger partial charge in [-0.25, -0.2) is 4.39 Å². The number of nitrogens with two attached hydrogens (primary N) is 1. The molecule has 0 saturated carbocycles. The van der Waals surface area contributed by atoms with Crippen LogP contribution in [0.3, 0.4) is 0 Å². The Morgan fingerprint density at radius 2 is 2.10 bits per heavy atom. The molecular weight excluding hydrogens is 151 g/mol. The van der Waals surface area contributed by atoms with Crippen LogP contribution < -0.4 is 11.1 Å². The minimum absolute atomic E-state index is 0.276. The van der Waals surface area contributed by atoms with E-state index in [0.717, 1.165) is 24.6 Å². The minimum Gasteiger partial charge on any atom is -0.330 e. The second kappa shape index (κ2) is 9.20. The molecule has 0 aromatic carbocycles. The molecule has 62 valence electrons. The van der Waals surface area contributed by atoms with Crippen LogP contribution in [0.5, 0.6) is 0 Å². The van der Waals surface area contributed by atoms with E-state index in [9.17, 15) is 4.39 Å². The van der Waals surface area contributed by atoms with Crippen LogP contribution in [-0.2, 0) is 0 Å². The molecule has 0 atom stereocenters. The molecule has 0 saturated heterocycles. The van der Waals surface area contributed by atoms with Crippen LogP contribution in [0.4, 0.5) is 4.39 Å². The first-order valence-electron chi connectivity index (χ1n) is 3.46. The van der Waals surface area contributed by atoms with Crippen molar-refractivity contribution < 1.29 is 4.39 Å². The zero-order valence-electron chi connectivity index (χ0n) is 6.11. The summed E-state index contributed by atoms with van der Waals surface area (Å²) in [5.41, 5.74) is 5.27. The van der Waals surface area contributed by atoms with Gasteiger partial charge in [-0.15, -0.1) is 0 Å². The van der Waals surface area contributed by atoms with Crippen molar-refractivity contribution in [2.45, 2.75) is 0 Å². The van der Waals surface area contributed by atoms with Crippen molar-refractivity contribution in [2.75, 3.05) is 37.8 Å². The lowest BCUT2D eigenvalue weighted by Gasteiger charge is -1.99. The second-order valence-electron chi connectivity index (χ2n) is 1.84. The van der Waals surface area contributed by atoms with E-state index in [4.69, 9.17) is 5.73 Å². The average Bonchev–Trinajstić information content (AvgIpc) is 1.97. The molecule has 0 rings (SSSR count). The molecule has 0 bridgehead atoms. The predicted molar refractivity (Wildman–Crippen MR) is 45.2 cm³/mol. The SMILES string of the molecule is NCCSCCNCCF. The first-order chi connectivity index (χ1) is 4.91. The van der Waals surface area contributed by atoms with Gasteiger partial charge in [-0.3, -0.25) is 0 Å². The zero-order chi connectivity index (χ0) is 7.66. The van der Waals surface area contributed by atoms with Crippen LogP contribution in [0, 0.1) is 0 Å². The lowest BCUT2D eigenvalue weighted by atomic mass is 10.6. The Labute approximate surface area is 65.7 Å². The lowest BCUT2D eigenvalue weighted by molar-refractivity contribution is 0.472. The summed E-state index contributed by atoms with van der Waals surface area (Å²) in [6.07, 6.45) is 0. The number of rotatable bonds is 7. The zero-order valence-corrected chi connectivity index (χ0v) is 6.92. The van der Waals surface area contributed by atoms with Crippen LogP contribution in [0.2, 0.25) is 0 Å². The molecule has 0 radical (unpaired) electrons. The summed E-state index contributed by atoms with van der Waals surface area (Å²) in [6.45, 7) is 1.81. The van der Waals surface area contributed by atoms with Gasteiger partial charge in [0.15, 0.2) is 0 Å². The first kappa shape index (κ1) is 10.2. The number of hydrogen-bond acceptors (Lipinski definition) is 3. The maximum absolute atomic E-state index is 11.5. The van der Waals surface area contributed by atoms with Gasteiger partial charge in [-0.1, -0.05) is 0 Å². The molecule has 0 heterocycles. The highest BCUT2D eigenvalue weighted by Gasteiger charge is 1.86. The van der Waals surface area contributed by atoms with Crippen LogP contribution in [0.15, 0.2) is 0 Å². The van der Waals surface area contributed by atoms with E-state index < -0.39 is 0 Å². The Morgan fingerprint density at radius 1 is 1.30 bits per heavy atom. The topological polar surface area (TPSA) is 38.0 Å². The fourth-order valence-electron chi connectivity index (χ4n) is 0.522. The Hall–Kier alpha value is 0.200. The highest BCUT2D eigenvalue weighted by molar-refractivity contribution is 7.99. The van der Waals surface area contributed by atoms with E-state index in [1.54, 1.807) is 11.8 Å². The largest absolute Gasteiger partial charge is 0.330 e. The highest BCUT2D eigenvalue weighted by atomic mass is 32.2. The van der Waals surface area contributed by atoms with Crippen molar-refractivity contribution in [3.8, 4) is 0 Å². The summed E-state index contributed by atoms with van der Waals surface area (Å²) in [7, 11) is 0. The fourth-order valence-corrected chi connectivity index (χ4v) is 1.18. The molecule has 10 heavy (non-hydrogen) atoms. The number of alkyl halides is 1. The minimum atomic E-state index is -0.276. The fraction of sp³-hybridized carbons (Fsp3) is 1.00. The summed E-state index contributed by atoms with van der Waals surface area (Å²) in [4.78, 5) is 0. The number of thioether (sulfide) groups is 1. The van der Waals surface area contributed by atoms with Crippen molar-refractivity contribution in [3.05, 3.63) is 0 Å². The van der Waals surface area contributed by atoms with E-state index in [2.05, 4.69) is 5.32 Å². The van der Waals surface area contributed by atoms with Gasteiger partial charge in [0, 0.05) is 31.1 Å². The number of nitrogens with one attached hydrogen (secondary N) is 1. The molecule has 0 fully saturated rings. The van der Waals surface area contributed by atoms with Gasteiger partial charge >= 0.3 is 0 Å². The van der Waals surface area contributed by atoms with E-state index in [-0.39, 0.29) is 6.67 Å². The Balaban J connectivity index is 2.65. The van der Waals surface area contributed by atoms with E-state index in [1.807, 2.05) is 0 Å². The van der Waals surface area contributed by atoms with Crippen LogP contribution in [0.25, 0.3) is 0 Å². The summed E-state index contributed by atoms with van der Waals surface area (Å²) in [6, 6.07) is 0. The molecule has 0 spiro atoms. The van der Waals surface area contributed by atoms with Crippen molar-refractivity contribution >= 4 is 11.8 Å². The van der Waals surface area contributed by atoms with Gasteiger partial charge in [-0.2, -0.15) is 11.8 Å². The van der Waals surface area contributed by atoms with Crippen molar-refractivity contribution in [2.24, 2.45) is 5.73 Å². The molecule has 3 N–H and O–H groups in total. The lowest BCUT2D eigenvalue weighted by Crippen LogP contribution is -2.20. The second-order valence-corrected chi connectivity index (χ2v) is 3.06. The van der Waals surface area contributed by atoms with Gasteiger partial charge in [0.25, 0.3) is 0 Å². The number of halogens is 1. The average molecular weight is 166 g/mol. The third kappa shape index (κ3) is 8.20. The molecule has 4 heteroatoms. The molecule has 0 amide bonds. The molecule has 0 aliphatic carbocycles. The highest BCUT2D eigenvalue weighted by Crippen LogP contribution is 1.94. The van der Waals surface area contributed by atoms with Crippen molar-refractivity contribution in [1.82, 2.24) is 5.32 Å². The molecule has 0 aliphatic rings. The maximum atomic E-state index is 11.5. The van der Waals surface area contributed by atoms with E-state index >= 15 is 0 Å². The third-order valence-electron chi connectivity index (χ3n) is 0.957. The smallest absolute Gasteiger partial charge is 0.102 e. The predicted octanol–water partition coefficient (Wildman–Crippen LogP) is 0.237. The summed E-state index contributed by atoms with van der Waals surface area (Å²) >= 11 is 1.79. The van der Waals surface area contributed by atoms with Gasteiger partial charge in [0.05, 0.1) is 0 Å². The quantitative estimate of drug-likeness (QED) is 0.532. The summed E-state index contributed by atoms with van der Waals surface area (Å²) < 4.78 is 11.5. The molecule has 0 aromatic heterocycles. The Bertz CT molecular complexity index is 55.7. The van der Waals surface area contributed by atoms with Gasteiger partial charge in [0.2, 0.25) is 0 Å². The molecule has 0 unspecified atom stereocenters. The molecule has 0 aliphatic heterocycles. The van der Waals surface area contributed by atoms with Gasteiger partial charge in [-0.05, 0) is 0 Å². The van der Waals surface area contributed by atoms with Crippen molar-refractivity contribution in [3.63, 3.8) is 0 Å². The van der Waals surface area contributed by atoms with Gasteiger partial charge in [0.1, 0.15) is 6.67 Å². The van der Waals surface area contributed by atoms with Gasteiger partial charge < -0.3 is 11.1 Å². The Morgan fingerprint density at radius 3 is 2.70 bits per heavy atom. The van der Waals surface area contributed by atoms with Crippen molar-refractivity contribution in [1.29, 1.82) is 0 Å². The van der Waals surface area contributed by atoms with E-state index in [1.165, 1.54) is 0 Å². The van der Waals surface area contributed by atoms with Crippen LogP contribution in [-0.4, -0.2) is 37.8 Å². The summed E-state index contributed by atoms with van der Waals surface area (Å²) in [5.74, 6) is 2.02. The number of hydrogen-bond donors (Lipinski definition) is 2. The monoisotopic (exact) mass is 166 g/mol. The van der Waals surface area contributed by atoms with E-state index in [0.29, 0.717) is 6.54 Å². The maximum Gasteiger partial charge on any atom is 0.102 e. The Kier molecular flexibility index (Phi) is 9.38. The van der Waals surface area contributed by atoms with Crippen LogP contribution in [0.1, 0.15) is 0 Å². The summed E-state index contributed by atoms with van der Waals surface area (Å²) in [5, 5.41) is 2.96. The standard InChI is InChI=1S/C6H15FN2S/c7-1-3-9-4-6-10-5-2-8/h9H,1-6,8H2. The molecule has 0 aromatic rings. The third-order valence-corrected chi connectivity index (χ3v) is 1.97. The van der Waals surface area contributed by atoms with Crippen LogP contribution >= 0.6 is 11.8 Å². The molecular formula is C6H15FN2S. The molecule has 2 nitrogen and oxygen atoms in total.